The van der Waals surface area contributed by atoms with Gasteiger partial charge in [-0.3, -0.25) is 19.2 Å². The molecule has 7 rings (SSSR count). The Morgan fingerprint density at radius 3 is 2.44 bits per heavy atom. The van der Waals surface area contributed by atoms with Crippen LogP contribution in [0, 0.1) is 5.92 Å². The van der Waals surface area contributed by atoms with E-state index in [-0.39, 0.29) is 18.4 Å². The summed E-state index contributed by atoms with van der Waals surface area (Å²) in [5.74, 6) is -0.614. The molecule has 2 amide bonds. The Hall–Kier alpha value is -5.58. The molecule has 0 bridgehead atoms. The second-order valence-corrected chi connectivity index (χ2v) is 12.1. The van der Waals surface area contributed by atoms with Crippen LogP contribution in [-0.4, -0.2) is 50.7 Å². The highest BCUT2D eigenvalue weighted by molar-refractivity contribution is 6.15. The Morgan fingerprint density at radius 1 is 0.917 bits per heavy atom. The number of para-hydroxylation sites is 3. The van der Waals surface area contributed by atoms with Crippen molar-refractivity contribution in [1.29, 1.82) is 0 Å². The number of fused-ring (bicyclic) bond motifs is 3. The van der Waals surface area contributed by atoms with Gasteiger partial charge in [-0.2, -0.15) is 0 Å². The number of hydrogen-bond donors (Lipinski definition) is 2. The Bertz CT molecular complexity index is 2030. The second kappa shape index (κ2) is 12.6. The largest absolute Gasteiger partial charge is 0.454 e. The van der Waals surface area contributed by atoms with Gasteiger partial charge < -0.3 is 19.8 Å². The van der Waals surface area contributed by atoms with Crippen LogP contribution in [0.2, 0.25) is 0 Å². The van der Waals surface area contributed by atoms with Gasteiger partial charge in [0.1, 0.15) is 5.75 Å². The number of carbonyl (C=O) groups excluding carboxylic acids is 2. The summed E-state index contributed by atoms with van der Waals surface area (Å²) in [6.07, 6.45) is 6.16. The number of nitrogens with zero attached hydrogens (tertiary/aromatic N) is 5. The highest BCUT2D eigenvalue weighted by Crippen LogP contribution is 2.48. The standard InChI is InChI=1S/C38H35N5O5/c1-25(12-10-11-21-42-23-31(39-40-42)29(24-44)26-13-4-3-5-14-26)38(47)30-22-27(19-20-32(30)41(2)37(38)46)43-33-16-7-9-18-35(33)48-34-17-8-6-15-28(34)36(43)45/h3-10,12-20,22-23,25,29,44,47H,11,21,24H2,1-2H3/b12-10+/t25-,29?,38+/m1/s1. The van der Waals surface area contributed by atoms with Crippen molar-refractivity contribution in [3.63, 3.8) is 0 Å². The quantitative estimate of drug-likeness (QED) is 0.191. The molecule has 0 fully saturated rings. The lowest BCUT2D eigenvalue weighted by atomic mass is 9.82. The van der Waals surface area contributed by atoms with Crippen molar-refractivity contribution < 1.29 is 24.5 Å². The van der Waals surface area contributed by atoms with Crippen LogP contribution in [0.3, 0.4) is 0 Å². The van der Waals surface area contributed by atoms with E-state index < -0.39 is 17.4 Å². The molecule has 0 aliphatic carbocycles. The summed E-state index contributed by atoms with van der Waals surface area (Å²) in [5.41, 5.74) is 2.25. The van der Waals surface area contributed by atoms with E-state index in [2.05, 4.69) is 10.3 Å². The predicted molar refractivity (Wildman–Crippen MR) is 181 cm³/mol. The normalized spacial score (nSPS) is 18.2. The molecular weight excluding hydrogens is 606 g/mol. The number of hydrogen-bond acceptors (Lipinski definition) is 7. The zero-order chi connectivity index (χ0) is 33.4. The van der Waals surface area contributed by atoms with Crippen molar-refractivity contribution in [2.24, 2.45) is 5.92 Å². The second-order valence-electron chi connectivity index (χ2n) is 12.1. The molecule has 1 aromatic heterocycles. The SMILES string of the molecule is C[C@H](/C=C/CCn1cc(C(CO)c2ccccc2)nn1)[C@@]1(O)C(=O)N(C)c2ccc(N3C(=O)c4ccccc4Oc4ccccc43)cc21. The third-order valence-corrected chi connectivity index (χ3v) is 9.19. The van der Waals surface area contributed by atoms with Gasteiger partial charge in [0.2, 0.25) is 0 Å². The number of aliphatic hydroxyl groups is 2. The van der Waals surface area contributed by atoms with E-state index in [0.29, 0.717) is 58.3 Å². The minimum absolute atomic E-state index is 0.0795. The third kappa shape index (κ3) is 5.25. The van der Waals surface area contributed by atoms with Gasteiger partial charge in [0, 0.05) is 37.0 Å². The Kier molecular flexibility index (Phi) is 8.12. The molecule has 5 aromatic rings. The first-order chi connectivity index (χ1) is 23.3. The average molecular weight is 642 g/mol. The molecule has 1 unspecified atom stereocenters. The topological polar surface area (TPSA) is 121 Å². The molecule has 4 aromatic carbocycles. The van der Waals surface area contributed by atoms with E-state index in [0.717, 1.165) is 5.56 Å². The number of ether oxygens (including phenoxy) is 1. The van der Waals surface area contributed by atoms with Gasteiger partial charge in [-0.25, -0.2) is 0 Å². The number of amides is 2. The summed E-state index contributed by atoms with van der Waals surface area (Å²) in [6.45, 7) is 2.25. The molecule has 0 saturated carbocycles. The van der Waals surface area contributed by atoms with Crippen LogP contribution < -0.4 is 14.5 Å². The van der Waals surface area contributed by atoms with Crippen LogP contribution in [0.25, 0.3) is 0 Å². The van der Waals surface area contributed by atoms with Crippen molar-refractivity contribution in [2.75, 3.05) is 23.5 Å². The fraction of sp³-hybridized carbons (Fsp3) is 0.211. The summed E-state index contributed by atoms with van der Waals surface area (Å²) >= 11 is 0. The van der Waals surface area contributed by atoms with E-state index in [1.807, 2.05) is 72.9 Å². The molecule has 0 saturated heterocycles. The van der Waals surface area contributed by atoms with Gasteiger partial charge >= 0.3 is 0 Å². The minimum atomic E-state index is -1.86. The van der Waals surface area contributed by atoms with Gasteiger partial charge in [0.15, 0.2) is 11.4 Å². The van der Waals surface area contributed by atoms with Crippen LogP contribution >= 0.6 is 0 Å². The molecule has 0 spiro atoms. The average Bonchev–Trinajstić information content (AvgIpc) is 3.61. The molecule has 242 valence electrons. The van der Waals surface area contributed by atoms with E-state index in [1.165, 1.54) is 4.90 Å². The first-order valence-corrected chi connectivity index (χ1v) is 15.9. The molecule has 2 N–H and O–H groups in total. The maximum atomic E-state index is 14.0. The molecule has 2 aliphatic heterocycles. The maximum absolute atomic E-state index is 14.0. The fourth-order valence-electron chi connectivity index (χ4n) is 6.53. The summed E-state index contributed by atoms with van der Waals surface area (Å²) in [6, 6.07) is 29.3. The minimum Gasteiger partial charge on any atom is -0.454 e. The molecule has 3 atom stereocenters. The number of rotatable bonds is 9. The summed E-state index contributed by atoms with van der Waals surface area (Å²) in [5, 5.41) is 30.6. The van der Waals surface area contributed by atoms with Gasteiger partial charge in [-0.15, -0.1) is 5.10 Å². The summed E-state index contributed by atoms with van der Waals surface area (Å²) in [7, 11) is 1.64. The Labute approximate surface area is 278 Å². The molecule has 3 heterocycles. The molecule has 0 radical (unpaired) electrons. The number of aromatic nitrogens is 3. The van der Waals surface area contributed by atoms with Gasteiger partial charge in [0.05, 0.1) is 35.2 Å². The monoisotopic (exact) mass is 641 g/mol. The lowest BCUT2D eigenvalue weighted by molar-refractivity contribution is -0.139. The maximum Gasteiger partial charge on any atom is 0.266 e. The van der Waals surface area contributed by atoms with Crippen molar-refractivity contribution in [2.45, 2.75) is 31.4 Å². The number of carbonyl (C=O) groups is 2. The molecule has 10 nitrogen and oxygen atoms in total. The summed E-state index contributed by atoms with van der Waals surface area (Å²) in [4.78, 5) is 30.7. The Balaban J connectivity index is 1.14. The molecule has 2 aliphatic rings. The smallest absolute Gasteiger partial charge is 0.266 e. The van der Waals surface area contributed by atoms with Crippen molar-refractivity contribution in [3.8, 4) is 11.5 Å². The van der Waals surface area contributed by atoms with Gasteiger partial charge in [0.25, 0.3) is 11.8 Å². The number of likely N-dealkylation sites (N-methyl/N-ethyl adjacent to an activating group) is 1. The Morgan fingerprint density at radius 2 is 1.65 bits per heavy atom. The number of benzene rings is 4. The van der Waals surface area contributed by atoms with Crippen LogP contribution in [0.5, 0.6) is 11.5 Å². The molecular formula is C38H35N5O5. The van der Waals surface area contributed by atoms with E-state index in [9.17, 15) is 19.8 Å². The lowest BCUT2D eigenvalue weighted by Crippen LogP contribution is -2.43. The van der Waals surface area contributed by atoms with Crippen LogP contribution in [0.15, 0.2) is 115 Å². The van der Waals surface area contributed by atoms with Crippen LogP contribution in [0.4, 0.5) is 17.1 Å². The van der Waals surface area contributed by atoms with Crippen LogP contribution in [0.1, 0.15) is 46.4 Å². The molecule has 10 heteroatoms. The first kappa shape index (κ1) is 31.0. The number of aryl methyl sites for hydroxylation is 1. The van der Waals surface area contributed by atoms with Gasteiger partial charge in [-0.05, 0) is 54.4 Å². The predicted octanol–water partition coefficient (Wildman–Crippen LogP) is 5.93. The highest BCUT2D eigenvalue weighted by atomic mass is 16.5. The van der Waals surface area contributed by atoms with Crippen molar-refractivity contribution in [3.05, 3.63) is 138 Å². The van der Waals surface area contributed by atoms with Crippen LogP contribution in [-0.2, 0) is 16.9 Å². The first-order valence-electron chi connectivity index (χ1n) is 15.9. The van der Waals surface area contributed by atoms with E-state index >= 15 is 0 Å². The lowest BCUT2D eigenvalue weighted by Gasteiger charge is -2.28. The molecule has 48 heavy (non-hydrogen) atoms. The van der Waals surface area contributed by atoms with E-state index in [4.69, 9.17) is 4.74 Å². The zero-order valence-electron chi connectivity index (χ0n) is 26.6. The number of aliphatic hydroxyl groups excluding tert-OH is 1. The van der Waals surface area contributed by atoms with Crippen molar-refractivity contribution >= 4 is 28.9 Å². The summed E-state index contributed by atoms with van der Waals surface area (Å²) < 4.78 is 7.87. The van der Waals surface area contributed by atoms with E-state index in [1.54, 1.807) is 66.0 Å². The third-order valence-electron chi connectivity index (χ3n) is 9.19. The highest BCUT2D eigenvalue weighted by Gasteiger charge is 2.51. The fourth-order valence-corrected chi connectivity index (χ4v) is 6.53. The van der Waals surface area contributed by atoms with Gasteiger partial charge in [-0.1, -0.05) is 78.9 Å². The number of anilines is 3. The number of allylic oxidation sites excluding steroid dienone is 1. The van der Waals surface area contributed by atoms with Crippen molar-refractivity contribution in [1.82, 2.24) is 15.0 Å². The zero-order valence-corrected chi connectivity index (χ0v) is 26.6.